The minimum atomic E-state index is -4.76. The highest BCUT2D eigenvalue weighted by Crippen LogP contribution is 2.32. The van der Waals surface area contributed by atoms with E-state index in [-0.39, 0.29) is 5.75 Å². The Hall–Kier alpha value is -3.49. The molecule has 0 saturated heterocycles. The van der Waals surface area contributed by atoms with Gasteiger partial charge >= 0.3 is 6.36 Å². The maximum Gasteiger partial charge on any atom is 0.573 e. The molecule has 1 saturated carbocycles. The van der Waals surface area contributed by atoms with Gasteiger partial charge in [-0.05, 0) is 37.1 Å². The van der Waals surface area contributed by atoms with Crippen LogP contribution in [0.2, 0.25) is 0 Å². The lowest BCUT2D eigenvalue weighted by Crippen LogP contribution is -2.17. The Kier molecular flexibility index (Phi) is 5.35. The summed E-state index contributed by atoms with van der Waals surface area (Å²) in [6.45, 7) is 0. The van der Waals surface area contributed by atoms with Gasteiger partial charge in [0, 0.05) is 17.7 Å². The molecule has 6 nitrogen and oxygen atoms in total. The highest BCUT2D eigenvalue weighted by Gasteiger charge is 2.31. The molecule has 0 radical (unpaired) electrons. The van der Waals surface area contributed by atoms with Gasteiger partial charge in [0.05, 0.1) is 18.5 Å². The second kappa shape index (κ2) is 8.10. The number of alkyl halides is 3. The van der Waals surface area contributed by atoms with E-state index in [1.54, 1.807) is 19.2 Å². The molecule has 1 fully saturated rings. The van der Waals surface area contributed by atoms with E-state index in [0.29, 0.717) is 40.5 Å². The van der Waals surface area contributed by atoms with Crippen molar-refractivity contribution in [3.8, 4) is 22.8 Å². The van der Waals surface area contributed by atoms with Crippen molar-refractivity contribution in [2.75, 3.05) is 17.7 Å². The van der Waals surface area contributed by atoms with E-state index < -0.39 is 6.36 Å². The fourth-order valence-corrected chi connectivity index (χ4v) is 2.87. The van der Waals surface area contributed by atoms with Crippen LogP contribution in [-0.4, -0.2) is 29.5 Å². The molecule has 2 N–H and O–H groups in total. The van der Waals surface area contributed by atoms with Gasteiger partial charge in [-0.1, -0.05) is 24.3 Å². The number of aromatic nitrogens is 2. The van der Waals surface area contributed by atoms with Gasteiger partial charge < -0.3 is 20.1 Å². The molecule has 4 rings (SSSR count). The summed E-state index contributed by atoms with van der Waals surface area (Å²) in [5.74, 6) is 1.20. The zero-order valence-corrected chi connectivity index (χ0v) is 16.0. The van der Waals surface area contributed by atoms with Crippen LogP contribution in [-0.2, 0) is 0 Å². The van der Waals surface area contributed by atoms with Gasteiger partial charge in [-0.25, -0.2) is 4.98 Å². The average molecular weight is 416 g/mol. The molecule has 0 spiro atoms. The first-order valence-corrected chi connectivity index (χ1v) is 9.31. The van der Waals surface area contributed by atoms with Gasteiger partial charge in [-0.15, -0.1) is 13.2 Å². The lowest BCUT2D eigenvalue weighted by molar-refractivity contribution is -0.274. The van der Waals surface area contributed by atoms with Crippen molar-refractivity contribution in [3.63, 3.8) is 0 Å². The van der Waals surface area contributed by atoms with Crippen molar-refractivity contribution in [2.45, 2.75) is 25.2 Å². The molecule has 1 aliphatic rings. The van der Waals surface area contributed by atoms with Gasteiger partial charge in [-0.2, -0.15) is 4.98 Å². The van der Waals surface area contributed by atoms with Crippen LogP contribution in [0.3, 0.4) is 0 Å². The minimum absolute atomic E-state index is 0.305. The maximum atomic E-state index is 12.6. The number of methoxy groups -OCH3 is 1. The molecule has 1 heterocycles. The molecule has 9 heteroatoms. The average Bonchev–Trinajstić information content (AvgIpc) is 3.51. The van der Waals surface area contributed by atoms with Gasteiger partial charge in [-0.3, -0.25) is 0 Å². The lowest BCUT2D eigenvalue weighted by atomic mass is 10.1. The number of rotatable bonds is 7. The van der Waals surface area contributed by atoms with Crippen molar-refractivity contribution in [1.82, 2.24) is 9.97 Å². The largest absolute Gasteiger partial charge is 0.573 e. The quantitative estimate of drug-likeness (QED) is 0.540. The summed E-state index contributed by atoms with van der Waals surface area (Å²) in [7, 11) is 1.57. The minimum Gasteiger partial charge on any atom is -0.495 e. The van der Waals surface area contributed by atoms with Gasteiger partial charge in [0.25, 0.3) is 0 Å². The highest BCUT2D eigenvalue weighted by molar-refractivity contribution is 5.70. The van der Waals surface area contributed by atoms with E-state index >= 15 is 0 Å². The Labute approximate surface area is 171 Å². The number of para-hydroxylation sites is 2. The number of hydrogen-bond acceptors (Lipinski definition) is 6. The first-order valence-electron chi connectivity index (χ1n) is 9.31. The molecule has 0 amide bonds. The number of nitrogens with one attached hydrogen (secondary N) is 2. The van der Waals surface area contributed by atoms with E-state index in [1.807, 2.05) is 24.3 Å². The van der Waals surface area contributed by atoms with Crippen LogP contribution >= 0.6 is 0 Å². The number of halogens is 3. The van der Waals surface area contributed by atoms with Crippen molar-refractivity contribution in [1.29, 1.82) is 0 Å². The molecule has 1 aliphatic carbocycles. The molecule has 0 unspecified atom stereocenters. The smallest absolute Gasteiger partial charge is 0.495 e. The third-order valence-electron chi connectivity index (χ3n) is 4.37. The Morgan fingerprint density at radius 3 is 2.53 bits per heavy atom. The summed E-state index contributed by atoms with van der Waals surface area (Å²) in [5.41, 5.74) is 1.63. The van der Waals surface area contributed by atoms with Crippen molar-refractivity contribution < 1.29 is 22.6 Å². The molecular formula is C21H19F3N4O2. The summed E-state index contributed by atoms with van der Waals surface area (Å²) >= 11 is 0. The first-order chi connectivity index (χ1) is 14.4. The SMILES string of the molecule is COc1ccccc1Nc1cc(-c2cccc(OC(F)(F)F)c2)nc(NC2CC2)n1. The van der Waals surface area contributed by atoms with Crippen molar-refractivity contribution in [3.05, 3.63) is 54.6 Å². The monoisotopic (exact) mass is 416 g/mol. The van der Waals surface area contributed by atoms with E-state index in [0.717, 1.165) is 12.8 Å². The fourth-order valence-electron chi connectivity index (χ4n) is 2.87. The molecule has 3 aromatic rings. The Morgan fingerprint density at radius 1 is 1.00 bits per heavy atom. The summed E-state index contributed by atoms with van der Waals surface area (Å²) in [6, 6.07) is 15.0. The molecule has 0 atom stereocenters. The molecule has 30 heavy (non-hydrogen) atoms. The summed E-state index contributed by atoms with van der Waals surface area (Å²) < 4.78 is 47.2. The first kappa shape index (κ1) is 19.8. The molecule has 156 valence electrons. The third-order valence-corrected chi connectivity index (χ3v) is 4.37. The molecular weight excluding hydrogens is 397 g/mol. The predicted octanol–water partition coefficient (Wildman–Crippen LogP) is 5.37. The van der Waals surface area contributed by atoms with Crippen LogP contribution in [0, 0.1) is 0 Å². The second-order valence-corrected chi connectivity index (χ2v) is 6.78. The van der Waals surface area contributed by atoms with Crippen LogP contribution in [0.15, 0.2) is 54.6 Å². The topological polar surface area (TPSA) is 68.3 Å². The molecule has 0 aliphatic heterocycles. The summed E-state index contributed by atoms with van der Waals surface area (Å²) in [6.07, 6.45) is -2.71. The van der Waals surface area contributed by atoms with Crippen LogP contribution in [0.5, 0.6) is 11.5 Å². The van der Waals surface area contributed by atoms with Crippen LogP contribution in [0.4, 0.5) is 30.6 Å². The van der Waals surface area contributed by atoms with E-state index in [4.69, 9.17) is 4.74 Å². The van der Waals surface area contributed by atoms with Crippen LogP contribution < -0.4 is 20.1 Å². The van der Waals surface area contributed by atoms with E-state index in [2.05, 4.69) is 25.3 Å². The Bertz CT molecular complexity index is 1040. The fraction of sp³-hybridized carbons (Fsp3) is 0.238. The summed E-state index contributed by atoms with van der Waals surface area (Å²) in [4.78, 5) is 8.97. The van der Waals surface area contributed by atoms with E-state index in [9.17, 15) is 13.2 Å². The normalized spacial score (nSPS) is 13.6. The highest BCUT2D eigenvalue weighted by atomic mass is 19.4. The molecule has 1 aromatic heterocycles. The maximum absolute atomic E-state index is 12.6. The number of nitrogens with zero attached hydrogens (tertiary/aromatic N) is 2. The summed E-state index contributed by atoms with van der Waals surface area (Å²) in [5, 5.41) is 6.42. The molecule has 2 aromatic carbocycles. The molecule has 0 bridgehead atoms. The standard InChI is InChI=1S/C21H19F3N4O2/c1-29-18-8-3-2-7-16(18)26-19-12-17(27-20(28-19)25-14-9-10-14)13-5-4-6-15(11-13)30-21(22,23)24/h2-8,11-12,14H,9-10H2,1H3,(H2,25,26,27,28). The lowest BCUT2D eigenvalue weighted by Gasteiger charge is -2.14. The van der Waals surface area contributed by atoms with Crippen LogP contribution in [0.1, 0.15) is 12.8 Å². The zero-order chi connectivity index (χ0) is 21.1. The second-order valence-electron chi connectivity index (χ2n) is 6.78. The number of hydrogen-bond donors (Lipinski definition) is 2. The predicted molar refractivity (Wildman–Crippen MR) is 107 cm³/mol. The Balaban J connectivity index is 1.69. The number of anilines is 3. The van der Waals surface area contributed by atoms with Crippen molar-refractivity contribution in [2.24, 2.45) is 0 Å². The van der Waals surface area contributed by atoms with Gasteiger partial charge in [0.1, 0.15) is 17.3 Å². The number of benzene rings is 2. The Morgan fingerprint density at radius 2 is 1.80 bits per heavy atom. The number of ether oxygens (including phenoxy) is 2. The van der Waals surface area contributed by atoms with Gasteiger partial charge in [0.2, 0.25) is 5.95 Å². The van der Waals surface area contributed by atoms with E-state index in [1.165, 1.54) is 18.2 Å². The van der Waals surface area contributed by atoms with Gasteiger partial charge in [0.15, 0.2) is 0 Å². The third kappa shape index (κ3) is 5.11. The zero-order valence-electron chi connectivity index (χ0n) is 16.0. The van der Waals surface area contributed by atoms with Crippen LogP contribution in [0.25, 0.3) is 11.3 Å². The van der Waals surface area contributed by atoms with Crippen molar-refractivity contribution >= 4 is 17.5 Å².